The fourth-order valence-corrected chi connectivity index (χ4v) is 2.40. The second kappa shape index (κ2) is 6.62. The molecule has 0 saturated carbocycles. The van der Waals surface area contributed by atoms with Crippen molar-refractivity contribution in [3.05, 3.63) is 11.1 Å². The second-order valence-electron chi connectivity index (χ2n) is 4.44. The molecule has 0 fully saturated rings. The number of halogens is 1. The summed E-state index contributed by atoms with van der Waals surface area (Å²) in [6, 6.07) is 0. The molecule has 0 aliphatic heterocycles. The van der Waals surface area contributed by atoms with Crippen molar-refractivity contribution in [1.82, 2.24) is 19.5 Å². The van der Waals surface area contributed by atoms with Crippen LogP contribution in [0.2, 0.25) is 0 Å². The van der Waals surface area contributed by atoms with Gasteiger partial charge in [-0.25, -0.2) is 15.0 Å². The molecule has 0 saturated heterocycles. The zero-order chi connectivity index (χ0) is 15.6. The highest BCUT2D eigenvalue weighted by Gasteiger charge is 2.27. The molecule has 2 aromatic rings. The first-order chi connectivity index (χ1) is 9.99. The van der Waals surface area contributed by atoms with E-state index < -0.39 is 18.4 Å². The summed E-state index contributed by atoms with van der Waals surface area (Å²) in [5.41, 5.74) is 6.47. The van der Waals surface area contributed by atoms with Gasteiger partial charge in [0.1, 0.15) is 12.4 Å². The molecule has 0 aliphatic carbocycles. The molecule has 0 amide bonds. The number of rotatable bonds is 6. The van der Waals surface area contributed by atoms with Crippen LogP contribution >= 0.6 is 15.9 Å². The highest BCUT2D eigenvalue weighted by atomic mass is 79.9. The summed E-state index contributed by atoms with van der Waals surface area (Å²) in [5.74, 6) is 0.199. The lowest BCUT2D eigenvalue weighted by molar-refractivity contribution is -0.135. The normalized spacial score (nSPS) is 14.8. The van der Waals surface area contributed by atoms with E-state index in [4.69, 9.17) is 20.7 Å². The fraction of sp³-hybridized carbons (Fsp3) is 0.545. The molecule has 0 radical (unpaired) electrons. The summed E-state index contributed by atoms with van der Waals surface area (Å²) in [7, 11) is 0. The minimum Gasteiger partial charge on any atom is -0.394 e. The number of nitrogens with zero attached hydrogens (tertiary/aromatic N) is 4. The second-order valence-corrected chi connectivity index (χ2v) is 5.15. The van der Waals surface area contributed by atoms with Crippen molar-refractivity contribution in [1.29, 1.82) is 0 Å². The SMILES string of the molecule is CC(O)C(OC(CO)CO)n1c(Br)nc2c(N)ncnc21. The summed E-state index contributed by atoms with van der Waals surface area (Å²) in [5, 5.41) is 28.2. The van der Waals surface area contributed by atoms with Crippen molar-refractivity contribution < 1.29 is 20.1 Å². The number of aliphatic hydroxyl groups is 3. The van der Waals surface area contributed by atoms with Crippen molar-refractivity contribution >= 4 is 32.9 Å². The van der Waals surface area contributed by atoms with Gasteiger partial charge in [-0.15, -0.1) is 0 Å². The number of imidazole rings is 1. The molecule has 2 rings (SSSR count). The molecule has 0 bridgehead atoms. The Bertz CT molecular complexity index is 616. The summed E-state index contributed by atoms with van der Waals surface area (Å²) >= 11 is 3.26. The van der Waals surface area contributed by atoms with Crippen molar-refractivity contribution in [3.8, 4) is 0 Å². The maximum atomic E-state index is 9.94. The van der Waals surface area contributed by atoms with Gasteiger partial charge in [0, 0.05) is 0 Å². The van der Waals surface area contributed by atoms with E-state index in [9.17, 15) is 5.11 Å². The monoisotopic (exact) mass is 361 g/mol. The van der Waals surface area contributed by atoms with E-state index in [0.717, 1.165) is 0 Å². The Hall–Kier alpha value is -1.33. The summed E-state index contributed by atoms with van der Waals surface area (Å²) in [6.07, 6.45) is -1.43. The van der Waals surface area contributed by atoms with Crippen molar-refractivity contribution in [2.45, 2.75) is 25.4 Å². The van der Waals surface area contributed by atoms with E-state index in [0.29, 0.717) is 15.9 Å². The maximum absolute atomic E-state index is 9.94. The molecule has 0 aromatic carbocycles. The molecular weight excluding hydrogens is 346 g/mol. The van der Waals surface area contributed by atoms with E-state index in [1.807, 2.05) is 0 Å². The first-order valence-electron chi connectivity index (χ1n) is 6.18. The molecule has 116 valence electrons. The maximum Gasteiger partial charge on any atom is 0.181 e. The topological polar surface area (TPSA) is 140 Å². The van der Waals surface area contributed by atoms with Crippen LogP contribution in [0.4, 0.5) is 5.82 Å². The Morgan fingerprint density at radius 1 is 1.38 bits per heavy atom. The third kappa shape index (κ3) is 3.14. The Kier molecular flexibility index (Phi) is 5.06. The number of aliphatic hydroxyl groups excluding tert-OH is 3. The lowest BCUT2D eigenvalue weighted by atomic mass is 10.3. The Morgan fingerprint density at radius 3 is 2.62 bits per heavy atom. The molecule has 0 aliphatic rings. The fourth-order valence-electron chi connectivity index (χ4n) is 1.86. The number of hydrogen-bond acceptors (Lipinski definition) is 8. The molecule has 10 heteroatoms. The van der Waals surface area contributed by atoms with Crippen molar-refractivity contribution in [3.63, 3.8) is 0 Å². The predicted octanol–water partition coefficient (Wildman–Crippen LogP) is -0.580. The molecule has 0 spiro atoms. The number of nitrogen functional groups attached to an aromatic ring is 1. The van der Waals surface area contributed by atoms with E-state index in [1.54, 1.807) is 0 Å². The summed E-state index contributed by atoms with van der Waals surface area (Å²) in [4.78, 5) is 12.1. The Balaban J connectivity index is 2.50. The minimum absolute atomic E-state index is 0.199. The van der Waals surface area contributed by atoms with Gasteiger partial charge in [0.15, 0.2) is 27.9 Å². The van der Waals surface area contributed by atoms with Crippen LogP contribution in [-0.2, 0) is 4.74 Å². The molecule has 2 heterocycles. The van der Waals surface area contributed by atoms with E-state index in [1.165, 1.54) is 17.8 Å². The molecule has 5 N–H and O–H groups in total. The molecule has 9 nitrogen and oxygen atoms in total. The average Bonchev–Trinajstić information content (AvgIpc) is 2.78. The van der Waals surface area contributed by atoms with Crippen LogP contribution in [0.3, 0.4) is 0 Å². The largest absolute Gasteiger partial charge is 0.394 e. The van der Waals surface area contributed by atoms with Gasteiger partial charge in [-0.2, -0.15) is 0 Å². The van der Waals surface area contributed by atoms with Gasteiger partial charge >= 0.3 is 0 Å². The quantitative estimate of drug-likeness (QED) is 0.501. The summed E-state index contributed by atoms with van der Waals surface area (Å²) in [6.45, 7) is 0.738. The van der Waals surface area contributed by atoms with Crippen molar-refractivity contribution in [2.24, 2.45) is 0 Å². The first-order valence-corrected chi connectivity index (χ1v) is 6.98. The zero-order valence-corrected chi connectivity index (χ0v) is 12.8. The molecular formula is C11H16BrN5O4. The van der Waals surface area contributed by atoms with Crippen LogP contribution in [0, 0.1) is 0 Å². The number of nitrogens with two attached hydrogens (primary N) is 1. The third-order valence-electron chi connectivity index (χ3n) is 2.87. The third-order valence-corrected chi connectivity index (χ3v) is 3.43. The predicted molar refractivity (Wildman–Crippen MR) is 77.2 cm³/mol. The number of ether oxygens (including phenoxy) is 1. The van der Waals surface area contributed by atoms with E-state index in [2.05, 4.69) is 30.9 Å². The van der Waals surface area contributed by atoms with Gasteiger partial charge in [0.05, 0.1) is 19.3 Å². The van der Waals surface area contributed by atoms with Gasteiger partial charge in [-0.1, -0.05) is 0 Å². The van der Waals surface area contributed by atoms with Crippen molar-refractivity contribution in [2.75, 3.05) is 18.9 Å². The summed E-state index contributed by atoms with van der Waals surface area (Å²) < 4.78 is 7.35. The first kappa shape index (κ1) is 16.0. The number of aromatic nitrogens is 4. The van der Waals surface area contributed by atoms with Crippen LogP contribution in [0.1, 0.15) is 13.2 Å². The number of fused-ring (bicyclic) bond motifs is 1. The highest BCUT2D eigenvalue weighted by molar-refractivity contribution is 9.10. The van der Waals surface area contributed by atoms with E-state index in [-0.39, 0.29) is 19.0 Å². The standard InChI is InChI=1S/C11H16BrN5O4/c1-5(20)10(21-6(2-18)3-19)17-9-7(16-11(17)12)8(13)14-4-15-9/h4-6,10,18-20H,2-3H2,1H3,(H2,13,14,15). The van der Waals surface area contributed by atoms with Crippen LogP contribution in [0.5, 0.6) is 0 Å². The molecule has 2 atom stereocenters. The molecule has 2 aromatic heterocycles. The zero-order valence-electron chi connectivity index (χ0n) is 11.2. The Labute approximate surface area is 128 Å². The van der Waals surface area contributed by atoms with Crippen LogP contribution in [-0.4, -0.2) is 60.3 Å². The van der Waals surface area contributed by atoms with Gasteiger partial charge in [-0.05, 0) is 22.9 Å². The van der Waals surface area contributed by atoms with Crippen LogP contribution < -0.4 is 5.73 Å². The number of anilines is 1. The smallest absolute Gasteiger partial charge is 0.181 e. The van der Waals surface area contributed by atoms with Crippen LogP contribution in [0.15, 0.2) is 11.1 Å². The van der Waals surface area contributed by atoms with Gasteiger partial charge in [0.25, 0.3) is 0 Å². The Morgan fingerprint density at radius 2 is 2.05 bits per heavy atom. The van der Waals surface area contributed by atoms with Gasteiger partial charge in [-0.3, -0.25) is 4.57 Å². The molecule has 21 heavy (non-hydrogen) atoms. The average molecular weight is 362 g/mol. The van der Waals surface area contributed by atoms with Gasteiger partial charge in [0.2, 0.25) is 0 Å². The lowest BCUT2D eigenvalue weighted by Gasteiger charge is -2.26. The van der Waals surface area contributed by atoms with Gasteiger partial charge < -0.3 is 25.8 Å². The molecule has 2 unspecified atom stereocenters. The van der Waals surface area contributed by atoms with Crippen LogP contribution in [0.25, 0.3) is 11.2 Å². The lowest BCUT2D eigenvalue weighted by Crippen LogP contribution is -2.32. The highest BCUT2D eigenvalue weighted by Crippen LogP contribution is 2.28. The van der Waals surface area contributed by atoms with E-state index >= 15 is 0 Å². The number of hydrogen-bond donors (Lipinski definition) is 4. The minimum atomic E-state index is -0.949.